The monoisotopic (exact) mass is 216 g/mol. The van der Waals surface area contributed by atoms with Gasteiger partial charge in [0.15, 0.2) is 0 Å². The summed E-state index contributed by atoms with van der Waals surface area (Å²) in [5.74, 6) is 3.37. The van der Waals surface area contributed by atoms with Crippen molar-refractivity contribution in [3.8, 4) is 0 Å². The fraction of sp³-hybridized carbons (Fsp3) is 1.00. The number of thiol groups is 2. The molecule has 0 aliphatic rings. The lowest BCUT2D eigenvalue weighted by molar-refractivity contribution is 0.322. The quantitative estimate of drug-likeness (QED) is 0.401. The molecule has 0 atom stereocenters. The highest BCUT2D eigenvalue weighted by atomic mass is 32.2. The van der Waals surface area contributed by atoms with E-state index in [0.717, 1.165) is 17.3 Å². The maximum absolute atomic E-state index is 8.25. The third-order valence-electron chi connectivity index (χ3n) is 0.571. The number of hydrogen-bond acceptors (Lipinski definition) is 5. The minimum Gasteiger partial charge on any atom is -0.396 e. The number of hydrogen-bond donors (Lipinski definition) is 4. The van der Waals surface area contributed by atoms with Gasteiger partial charge < -0.3 is 10.2 Å². The van der Waals surface area contributed by atoms with Crippen molar-refractivity contribution >= 4 is 37.0 Å². The average Bonchev–Trinajstić information content (AvgIpc) is 2.06. The Kier molecular flexibility index (Phi) is 22.6. The van der Waals surface area contributed by atoms with Crippen molar-refractivity contribution in [2.24, 2.45) is 0 Å². The molecule has 0 amide bonds. The molecule has 0 aromatic carbocycles. The van der Waals surface area contributed by atoms with E-state index in [1.54, 1.807) is 11.8 Å². The second-order valence-corrected chi connectivity index (χ2v) is 3.63. The molecule has 0 radical (unpaired) electrons. The first-order valence-electron chi connectivity index (χ1n) is 3.34. The SMILES string of the molecule is OCCS.OCCSCCS. The Hall–Kier alpha value is 0.970. The van der Waals surface area contributed by atoms with Crippen LogP contribution in [0.15, 0.2) is 0 Å². The van der Waals surface area contributed by atoms with Gasteiger partial charge in [-0.2, -0.15) is 37.0 Å². The van der Waals surface area contributed by atoms with E-state index in [1.807, 2.05) is 0 Å². The second kappa shape index (κ2) is 17.2. The number of aliphatic hydroxyl groups excluding tert-OH is 2. The van der Waals surface area contributed by atoms with Crippen LogP contribution in [0.25, 0.3) is 0 Å². The number of aliphatic hydroxyl groups is 2. The summed E-state index contributed by atoms with van der Waals surface area (Å²) in [6.45, 7) is 0.474. The van der Waals surface area contributed by atoms with Crippen molar-refractivity contribution in [1.82, 2.24) is 0 Å². The Labute approximate surface area is 83.6 Å². The van der Waals surface area contributed by atoms with E-state index in [-0.39, 0.29) is 6.61 Å². The van der Waals surface area contributed by atoms with E-state index >= 15 is 0 Å². The van der Waals surface area contributed by atoms with E-state index in [1.165, 1.54) is 0 Å². The Bertz CT molecular complexity index is 49.1. The topological polar surface area (TPSA) is 40.5 Å². The number of thioether (sulfide) groups is 1. The summed E-state index contributed by atoms with van der Waals surface area (Å²) in [6, 6.07) is 0. The van der Waals surface area contributed by atoms with Crippen LogP contribution in [0.2, 0.25) is 0 Å². The molecule has 0 saturated carbocycles. The fourth-order valence-electron chi connectivity index (χ4n) is 0.231. The highest BCUT2D eigenvalue weighted by molar-refractivity contribution is 8.00. The van der Waals surface area contributed by atoms with Crippen LogP contribution in [0.4, 0.5) is 0 Å². The summed E-state index contributed by atoms with van der Waals surface area (Å²) >= 11 is 9.39. The summed E-state index contributed by atoms with van der Waals surface area (Å²) in [6.07, 6.45) is 0. The summed E-state index contributed by atoms with van der Waals surface area (Å²) in [5, 5.41) is 16.0. The summed E-state index contributed by atoms with van der Waals surface area (Å²) < 4.78 is 0. The molecule has 0 saturated heterocycles. The molecule has 0 unspecified atom stereocenters. The highest BCUT2D eigenvalue weighted by Gasteiger charge is 1.81. The largest absolute Gasteiger partial charge is 0.396 e. The van der Waals surface area contributed by atoms with Crippen LogP contribution in [0, 0.1) is 0 Å². The molecule has 0 heterocycles. The van der Waals surface area contributed by atoms with Crippen LogP contribution in [0.3, 0.4) is 0 Å². The van der Waals surface area contributed by atoms with Gasteiger partial charge in [-0.05, 0) is 5.75 Å². The van der Waals surface area contributed by atoms with Gasteiger partial charge in [0.25, 0.3) is 0 Å². The molecule has 2 nitrogen and oxygen atoms in total. The fourth-order valence-corrected chi connectivity index (χ4v) is 1.08. The van der Waals surface area contributed by atoms with Crippen molar-refractivity contribution in [2.45, 2.75) is 0 Å². The molecule has 0 aromatic heterocycles. The third-order valence-corrected chi connectivity index (χ3v) is 2.26. The zero-order valence-electron chi connectivity index (χ0n) is 6.44. The van der Waals surface area contributed by atoms with Gasteiger partial charge in [0, 0.05) is 17.3 Å². The Morgan fingerprint density at radius 3 is 1.73 bits per heavy atom. The van der Waals surface area contributed by atoms with Gasteiger partial charge in [-0.3, -0.25) is 0 Å². The lowest BCUT2D eigenvalue weighted by Crippen LogP contribution is -1.88. The molecule has 0 spiro atoms. The van der Waals surface area contributed by atoms with Crippen molar-refractivity contribution in [3.05, 3.63) is 0 Å². The van der Waals surface area contributed by atoms with E-state index in [9.17, 15) is 0 Å². The van der Waals surface area contributed by atoms with Gasteiger partial charge >= 0.3 is 0 Å². The summed E-state index contributed by atoms with van der Waals surface area (Å²) in [4.78, 5) is 0. The number of rotatable bonds is 5. The van der Waals surface area contributed by atoms with Gasteiger partial charge in [-0.15, -0.1) is 0 Å². The highest BCUT2D eigenvalue weighted by Crippen LogP contribution is 1.97. The minimum atomic E-state index is 0.184. The molecular weight excluding hydrogens is 200 g/mol. The average molecular weight is 216 g/mol. The zero-order chi connectivity index (χ0) is 8.95. The standard InChI is InChI=1S/C4H10OS2.C2H6OS/c5-1-3-7-4-2-6;3-1-2-4/h5-6H,1-4H2;3-4H,1-2H2. The molecule has 0 aromatic rings. The normalized spacial score (nSPS) is 8.73. The van der Waals surface area contributed by atoms with Crippen LogP contribution in [0.1, 0.15) is 0 Å². The Morgan fingerprint density at radius 1 is 0.909 bits per heavy atom. The predicted molar refractivity (Wildman–Crippen MR) is 59.2 cm³/mol. The first-order valence-corrected chi connectivity index (χ1v) is 5.76. The third kappa shape index (κ3) is 24.8. The molecular formula is C6H16O2S3. The van der Waals surface area contributed by atoms with E-state index in [4.69, 9.17) is 10.2 Å². The molecule has 5 heteroatoms. The smallest absolute Gasteiger partial charge is 0.0521 e. The predicted octanol–water partition coefficient (Wildman–Crippen LogP) is 0.550. The minimum absolute atomic E-state index is 0.184. The molecule has 0 aliphatic heterocycles. The zero-order valence-corrected chi connectivity index (χ0v) is 9.05. The molecule has 2 N–H and O–H groups in total. The maximum atomic E-state index is 8.25. The Morgan fingerprint density at radius 2 is 1.45 bits per heavy atom. The molecule has 0 aliphatic carbocycles. The molecule has 0 fully saturated rings. The Balaban J connectivity index is 0. The second-order valence-electron chi connectivity index (χ2n) is 1.51. The lowest BCUT2D eigenvalue weighted by Gasteiger charge is -1.90. The van der Waals surface area contributed by atoms with Crippen molar-refractivity contribution < 1.29 is 10.2 Å². The summed E-state index contributed by atoms with van der Waals surface area (Å²) in [5.41, 5.74) is 0. The van der Waals surface area contributed by atoms with Gasteiger partial charge in [-0.1, -0.05) is 0 Å². The molecule has 70 valence electrons. The molecule has 0 rings (SSSR count). The van der Waals surface area contributed by atoms with Gasteiger partial charge in [-0.25, -0.2) is 0 Å². The maximum Gasteiger partial charge on any atom is 0.0521 e. The first-order chi connectivity index (χ1) is 5.33. The van der Waals surface area contributed by atoms with E-state index in [0.29, 0.717) is 12.4 Å². The van der Waals surface area contributed by atoms with Crippen LogP contribution in [-0.4, -0.2) is 46.4 Å². The van der Waals surface area contributed by atoms with E-state index in [2.05, 4.69) is 25.3 Å². The molecule has 11 heavy (non-hydrogen) atoms. The van der Waals surface area contributed by atoms with E-state index < -0.39 is 0 Å². The summed E-state index contributed by atoms with van der Waals surface area (Å²) in [7, 11) is 0. The van der Waals surface area contributed by atoms with Crippen LogP contribution in [0.5, 0.6) is 0 Å². The van der Waals surface area contributed by atoms with Crippen molar-refractivity contribution in [2.75, 3.05) is 36.2 Å². The lowest BCUT2D eigenvalue weighted by atomic mass is 10.9. The van der Waals surface area contributed by atoms with Gasteiger partial charge in [0.2, 0.25) is 0 Å². The van der Waals surface area contributed by atoms with Crippen LogP contribution >= 0.6 is 37.0 Å². The van der Waals surface area contributed by atoms with Crippen molar-refractivity contribution in [1.29, 1.82) is 0 Å². The van der Waals surface area contributed by atoms with Gasteiger partial charge in [0.1, 0.15) is 0 Å². The van der Waals surface area contributed by atoms with Crippen LogP contribution < -0.4 is 0 Å². The van der Waals surface area contributed by atoms with Crippen molar-refractivity contribution in [3.63, 3.8) is 0 Å². The molecule has 0 bridgehead atoms. The van der Waals surface area contributed by atoms with Gasteiger partial charge in [0.05, 0.1) is 13.2 Å². The first kappa shape index (κ1) is 14.5. The van der Waals surface area contributed by atoms with Crippen LogP contribution in [-0.2, 0) is 0 Å².